The van der Waals surface area contributed by atoms with E-state index in [1.807, 2.05) is 18.2 Å². The summed E-state index contributed by atoms with van der Waals surface area (Å²) in [5, 5.41) is 7.06. The Balaban J connectivity index is 2.15. The summed E-state index contributed by atoms with van der Waals surface area (Å²) in [6.07, 6.45) is 11.9. The van der Waals surface area contributed by atoms with Crippen molar-refractivity contribution >= 4 is 23.0 Å². The van der Waals surface area contributed by atoms with Crippen LogP contribution in [0.3, 0.4) is 0 Å². The van der Waals surface area contributed by atoms with E-state index in [0.717, 1.165) is 30.2 Å². The molecule has 0 aromatic heterocycles. The Bertz CT molecular complexity index is 495. The van der Waals surface area contributed by atoms with E-state index in [9.17, 15) is 0 Å². The first-order valence-corrected chi connectivity index (χ1v) is 9.89. The molecule has 0 saturated carbocycles. The van der Waals surface area contributed by atoms with Crippen molar-refractivity contribution < 1.29 is 9.47 Å². The third kappa shape index (κ3) is 9.54. The fourth-order valence-corrected chi connectivity index (χ4v) is 2.93. The number of hydrogen-bond donors (Lipinski definition) is 2. The smallest absolute Gasteiger partial charge is 0.170 e. The van der Waals surface area contributed by atoms with E-state index in [-0.39, 0.29) is 0 Å². The number of benzene rings is 1. The van der Waals surface area contributed by atoms with E-state index in [1.54, 1.807) is 14.2 Å². The average molecular weight is 367 g/mol. The third-order valence-electron chi connectivity index (χ3n) is 4.22. The first kappa shape index (κ1) is 21.6. The van der Waals surface area contributed by atoms with Gasteiger partial charge in [-0.3, -0.25) is 0 Å². The molecule has 4 nitrogen and oxygen atoms in total. The van der Waals surface area contributed by atoms with Gasteiger partial charge in [0, 0.05) is 12.6 Å². The molecule has 0 aliphatic heterocycles. The second-order valence-electron chi connectivity index (χ2n) is 6.28. The summed E-state index contributed by atoms with van der Waals surface area (Å²) in [4.78, 5) is 0. The molecule has 0 bridgehead atoms. The molecule has 0 atom stereocenters. The molecule has 0 aliphatic rings. The lowest BCUT2D eigenvalue weighted by Crippen LogP contribution is -2.29. The van der Waals surface area contributed by atoms with Crippen LogP contribution in [0.1, 0.15) is 64.7 Å². The molecule has 0 saturated heterocycles. The predicted octanol–water partition coefficient (Wildman–Crippen LogP) is 5.52. The SMILES string of the molecule is CCCCCCCCCCCNC(=S)Nc1cc(OC)ccc1OC. The van der Waals surface area contributed by atoms with E-state index in [4.69, 9.17) is 21.7 Å². The fraction of sp³-hybridized carbons (Fsp3) is 0.650. The maximum atomic E-state index is 5.36. The summed E-state index contributed by atoms with van der Waals surface area (Å²) >= 11 is 5.36. The second kappa shape index (κ2) is 13.8. The quantitative estimate of drug-likeness (QED) is 0.355. The zero-order valence-corrected chi connectivity index (χ0v) is 16.8. The molecule has 0 radical (unpaired) electrons. The summed E-state index contributed by atoms with van der Waals surface area (Å²) in [5.41, 5.74) is 0.812. The van der Waals surface area contributed by atoms with Crippen LogP contribution in [-0.2, 0) is 0 Å². The Morgan fingerprint density at radius 1 is 0.920 bits per heavy atom. The molecule has 0 aliphatic carbocycles. The molecule has 1 aromatic carbocycles. The highest BCUT2D eigenvalue weighted by Crippen LogP contribution is 2.28. The van der Waals surface area contributed by atoms with Crippen LogP contribution in [-0.4, -0.2) is 25.9 Å². The molecular formula is C20H34N2O2S. The summed E-state index contributed by atoms with van der Waals surface area (Å²) < 4.78 is 10.6. The lowest BCUT2D eigenvalue weighted by Gasteiger charge is -2.14. The van der Waals surface area contributed by atoms with E-state index in [0.29, 0.717) is 5.11 Å². The molecule has 0 amide bonds. The number of anilines is 1. The van der Waals surface area contributed by atoms with Crippen LogP contribution in [0, 0.1) is 0 Å². The van der Waals surface area contributed by atoms with Crippen molar-refractivity contribution in [2.45, 2.75) is 64.7 Å². The number of hydrogen-bond acceptors (Lipinski definition) is 3. The minimum Gasteiger partial charge on any atom is -0.497 e. The predicted molar refractivity (Wildman–Crippen MR) is 111 cm³/mol. The highest BCUT2D eigenvalue weighted by molar-refractivity contribution is 7.80. The highest BCUT2D eigenvalue weighted by Gasteiger charge is 2.06. The molecule has 142 valence electrons. The molecule has 0 spiro atoms. The van der Waals surface area contributed by atoms with Gasteiger partial charge in [-0.15, -0.1) is 0 Å². The van der Waals surface area contributed by atoms with Crippen molar-refractivity contribution in [3.8, 4) is 11.5 Å². The molecular weight excluding hydrogens is 332 g/mol. The molecule has 2 N–H and O–H groups in total. The van der Waals surface area contributed by atoms with Crippen LogP contribution in [0.15, 0.2) is 18.2 Å². The Morgan fingerprint density at radius 2 is 1.56 bits per heavy atom. The third-order valence-corrected chi connectivity index (χ3v) is 4.47. The van der Waals surface area contributed by atoms with Gasteiger partial charge < -0.3 is 20.1 Å². The van der Waals surface area contributed by atoms with Gasteiger partial charge in [0.25, 0.3) is 0 Å². The molecule has 25 heavy (non-hydrogen) atoms. The number of ether oxygens (including phenoxy) is 2. The zero-order chi connectivity index (χ0) is 18.3. The fourth-order valence-electron chi connectivity index (χ4n) is 2.72. The number of thiocarbonyl (C=S) groups is 1. The summed E-state index contributed by atoms with van der Waals surface area (Å²) in [5.74, 6) is 1.51. The first-order chi connectivity index (χ1) is 12.2. The van der Waals surface area contributed by atoms with Gasteiger partial charge in [0.2, 0.25) is 0 Å². The minimum absolute atomic E-state index is 0.617. The molecule has 0 heterocycles. The topological polar surface area (TPSA) is 42.5 Å². The van der Waals surface area contributed by atoms with Crippen molar-refractivity contribution in [1.82, 2.24) is 5.32 Å². The van der Waals surface area contributed by atoms with E-state index < -0.39 is 0 Å². The zero-order valence-electron chi connectivity index (χ0n) is 16.0. The molecule has 0 unspecified atom stereocenters. The average Bonchev–Trinajstić information content (AvgIpc) is 2.63. The van der Waals surface area contributed by atoms with E-state index in [2.05, 4.69) is 17.6 Å². The van der Waals surface area contributed by atoms with Crippen LogP contribution in [0.2, 0.25) is 0 Å². The van der Waals surface area contributed by atoms with Gasteiger partial charge in [0.05, 0.1) is 19.9 Å². The van der Waals surface area contributed by atoms with Gasteiger partial charge >= 0.3 is 0 Å². The summed E-state index contributed by atoms with van der Waals surface area (Å²) in [7, 11) is 3.29. The maximum Gasteiger partial charge on any atom is 0.170 e. The Hall–Kier alpha value is -1.49. The van der Waals surface area contributed by atoms with Crippen molar-refractivity contribution in [1.29, 1.82) is 0 Å². The van der Waals surface area contributed by atoms with Gasteiger partial charge in [-0.25, -0.2) is 0 Å². The Kier molecular flexibility index (Phi) is 11.9. The standard InChI is InChI=1S/C20H34N2O2S/c1-4-5-6-7-8-9-10-11-12-15-21-20(25)22-18-16-17(23-2)13-14-19(18)24-3/h13-14,16H,4-12,15H2,1-3H3,(H2,21,22,25). The molecule has 0 fully saturated rings. The van der Waals surface area contributed by atoms with Gasteiger partial charge in [-0.05, 0) is 30.8 Å². The number of methoxy groups -OCH3 is 2. The van der Waals surface area contributed by atoms with E-state index >= 15 is 0 Å². The van der Waals surface area contributed by atoms with Crippen molar-refractivity contribution in [2.24, 2.45) is 0 Å². The lowest BCUT2D eigenvalue weighted by molar-refractivity contribution is 0.405. The Labute approximate surface area is 158 Å². The van der Waals surface area contributed by atoms with Crippen molar-refractivity contribution in [3.05, 3.63) is 18.2 Å². The van der Waals surface area contributed by atoms with Crippen LogP contribution < -0.4 is 20.1 Å². The van der Waals surface area contributed by atoms with Gasteiger partial charge in [0.1, 0.15) is 11.5 Å². The number of rotatable bonds is 13. The van der Waals surface area contributed by atoms with Crippen LogP contribution in [0.4, 0.5) is 5.69 Å². The normalized spacial score (nSPS) is 10.4. The molecule has 5 heteroatoms. The van der Waals surface area contributed by atoms with Crippen LogP contribution in [0.25, 0.3) is 0 Å². The highest BCUT2D eigenvalue weighted by atomic mass is 32.1. The van der Waals surface area contributed by atoms with Crippen LogP contribution in [0.5, 0.6) is 11.5 Å². The Morgan fingerprint density at radius 3 is 2.16 bits per heavy atom. The number of unbranched alkanes of at least 4 members (excludes halogenated alkanes) is 8. The van der Waals surface area contributed by atoms with Crippen LogP contribution >= 0.6 is 12.2 Å². The van der Waals surface area contributed by atoms with Gasteiger partial charge in [-0.2, -0.15) is 0 Å². The molecule has 1 aromatic rings. The first-order valence-electron chi connectivity index (χ1n) is 9.48. The summed E-state index contributed by atoms with van der Waals surface area (Å²) in [6.45, 7) is 3.16. The van der Waals surface area contributed by atoms with Gasteiger partial charge in [-0.1, -0.05) is 58.3 Å². The summed E-state index contributed by atoms with van der Waals surface area (Å²) in [6, 6.07) is 5.61. The van der Waals surface area contributed by atoms with E-state index in [1.165, 1.54) is 51.4 Å². The van der Waals surface area contributed by atoms with Crippen molar-refractivity contribution in [2.75, 3.05) is 26.1 Å². The largest absolute Gasteiger partial charge is 0.497 e. The van der Waals surface area contributed by atoms with Gasteiger partial charge in [0.15, 0.2) is 5.11 Å². The lowest BCUT2D eigenvalue weighted by atomic mass is 10.1. The number of nitrogens with one attached hydrogen (secondary N) is 2. The monoisotopic (exact) mass is 366 g/mol. The van der Waals surface area contributed by atoms with Crippen molar-refractivity contribution in [3.63, 3.8) is 0 Å². The minimum atomic E-state index is 0.617. The molecule has 1 rings (SSSR count). The second-order valence-corrected chi connectivity index (χ2v) is 6.68. The maximum absolute atomic E-state index is 5.36.